The van der Waals surface area contributed by atoms with Crippen LogP contribution in [0.5, 0.6) is 0 Å². The monoisotopic (exact) mass is 1130 g/mol. The summed E-state index contributed by atoms with van der Waals surface area (Å²) in [4.78, 5) is 0. The lowest BCUT2D eigenvalue weighted by molar-refractivity contribution is -0.390. The Bertz CT molecular complexity index is 2100. The van der Waals surface area contributed by atoms with Crippen molar-refractivity contribution in [2.45, 2.75) is 152 Å². The van der Waals surface area contributed by atoms with Gasteiger partial charge in [0.1, 0.15) is 116 Å². The van der Waals surface area contributed by atoms with E-state index in [1.54, 1.807) is 11.8 Å². The molecule has 7 rings (SSSR count). The Morgan fingerprint density at radius 2 is 0.808 bits per heavy atom. The Hall–Kier alpha value is -3.03. The van der Waals surface area contributed by atoms with Crippen LogP contribution in [0, 0.1) is 0 Å². The Kier molecular flexibility index (Phi) is 23.1. The van der Waals surface area contributed by atoms with E-state index in [9.17, 15) is 86.8 Å². The second-order valence-corrected chi connectivity index (χ2v) is 20.7. The van der Waals surface area contributed by atoms with E-state index in [2.05, 4.69) is 41.7 Å². The van der Waals surface area contributed by atoms with Gasteiger partial charge in [0.15, 0.2) is 25.2 Å². The van der Waals surface area contributed by atoms with Crippen LogP contribution in [0.4, 0.5) is 0 Å². The normalized spacial score (nSPS) is 37.3. The molecule has 4 aliphatic heterocycles. The van der Waals surface area contributed by atoms with Crippen LogP contribution in [-0.2, 0) is 42.6 Å². The van der Waals surface area contributed by atoms with Crippen molar-refractivity contribution in [3.8, 4) is 0 Å². The number of nitrogens with one attached hydrogen (secondary N) is 1. The van der Waals surface area contributed by atoms with Gasteiger partial charge < -0.3 is 130 Å². The Labute approximate surface area is 452 Å². The minimum Gasteiger partial charge on any atom is -0.394 e. The van der Waals surface area contributed by atoms with Crippen molar-refractivity contribution < 1.29 is 125 Å². The minimum atomic E-state index is -2.15. The van der Waals surface area contributed by atoms with Crippen molar-refractivity contribution in [3.63, 3.8) is 0 Å². The molecular formula is C51H73NO25S. The van der Waals surface area contributed by atoms with Crippen LogP contribution < -0.4 is 5.32 Å². The van der Waals surface area contributed by atoms with Crippen LogP contribution in [0.25, 0.3) is 0 Å². The average molecular weight is 1130 g/mol. The Morgan fingerprint density at radius 1 is 0.449 bits per heavy atom. The molecule has 0 aromatic heterocycles. The largest absolute Gasteiger partial charge is 0.394 e. The zero-order valence-corrected chi connectivity index (χ0v) is 42.8. The molecule has 26 nitrogen and oxygen atoms in total. The molecule has 438 valence electrons. The fourth-order valence-corrected chi connectivity index (χ4v) is 11.4. The average Bonchev–Trinajstić information content (AvgIpc) is 3.53. The van der Waals surface area contributed by atoms with Crippen molar-refractivity contribution in [3.05, 3.63) is 108 Å². The van der Waals surface area contributed by atoms with Gasteiger partial charge in [-0.15, -0.1) is 11.8 Å². The van der Waals surface area contributed by atoms with Gasteiger partial charge in [-0.2, -0.15) is 0 Å². The summed E-state index contributed by atoms with van der Waals surface area (Å²) in [5.74, 6) is 0.498. The second kappa shape index (κ2) is 28.8. The standard InChI is InChI=1S/C51H73NO25S/c53-19-28(59)43(33(60)27(58)18-52-16-17-78-51(24-10-4-1-5-11-24,25-12-6-2-7-13-25)26-14-8-3-9-15-26)74-48-40(67)36(63)45(30(21-55)71-48)76-50-42(69)38(65)46(32(23-57)73-50)77-49-41(68)37(64)44(31(22-56)72-49)75-47-39(66)35(62)34(61)29(20-54)70-47/h1-15,27-50,52-69H,16-23H2/t27-,28+,29+,30+,31+,32+,33+,34+,35-,36+,37+,38+,39+,40+,41+,42+,43+,44+,45+,46+,47+,48+,49+,50+/m0/s1. The topological polar surface area (TPSA) is 430 Å². The van der Waals surface area contributed by atoms with Crippen molar-refractivity contribution in [1.29, 1.82) is 0 Å². The highest BCUT2D eigenvalue weighted by Crippen LogP contribution is 2.48. The third-order valence-electron chi connectivity index (χ3n) is 14.3. The van der Waals surface area contributed by atoms with Gasteiger partial charge in [-0.05, 0) is 16.7 Å². The van der Waals surface area contributed by atoms with Gasteiger partial charge in [-0.3, -0.25) is 0 Å². The Balaban J connectivity index is 0.944. The van der Waals surface area contributed by atoms with Crippen LogP contribution in [0.1, 0.15) is 16.7 Å². The summed E-state index contributed by atoms with van der Waals surface area (Å²) in [6.45, 7) is -4.68. The van der Waals surface area contributed by atoms with E-state index in [1.165, 1.54) is 0 Å². The smallest absolute Gasteiger partial charge is 0.187 e. The van der Waals surface area contributed by atoms with Crippen LogP contribution in [0.3, 0.4) is 0 Å². The van der Waals surface area contributed by atoms with Crippen molar-refractivity contribution in [1.82, 2.24) is 5.32 Å². The quantitative estimate of drug-likeness (QED) is 0.0277. The van der Waals surface area contributed by atoms with Crippen LogP contribution in [0.15, 0.2) is 91.0 Å². The molecule has 0 saturated carbocycles. The lowest BCUT2D eigenvalue weighted by Crippen LogP contribution is -2.67. The number of hydrogen-bond acceptors (Lipinski definition) is 27. The maximum atomic E-state index is 11.4. The molecule has 0 spiro atoms. The molecule has 0 amide bonds. The number of benzene rings is 3. The van der Waals surface area contributed by atoms with Gasteiger partial charge in [-0.25, -0.2) is 0 Å². The van der Waals surface area contributed by atoms with Gasteiger partial charge in [-0.1, -0.05) is 91.0 Å². The van der Waals surface area contributed by atoms with E-state index in [-0.39, 0.29) is 6.54 Å². The summed E-state index contributed by atoms with van der Waals surface area (Å²) in [6.07, 6.45) is -45.1. The van der Waals surface area contributed by atoms with Gasteiger partial charge in [0.2, 0.25) is 0 Å². The summed E-state index contributed by atoms with van der Waals surface area (Å²) in [7, 11) is 0. The molecule has 0 aliphatic carbocycles. The number of thioether (sulfide) groups is 1. The molecule has 27 heteroatoms. The zero-order valence-electron chi connectivity index (χ0n) is 42.0. The molecule has 0 radical (unpaired) electrons. The summed E-state index contributed by atoms with van der Waals surface area (Å²) in [5.41, 5.74) is 3.11. The van der Waals surface area contributed by atoms with E-state index in [1.807, 2.05) is 54.6 Å². The first-order valence-electron chi connectivity index (χ1n) is 25.4. The molecule has 4 aliphatic rings. The molecule has 4 heterocycles. The van der Waals surface area contributed by atoms with Crippen molar-refractivity contribution >= 4 is 11.8 Å². The van der Waals surface area contributed by atoms with Crippen LogP contribution in [0.2, 0.25) is 0 Å². The highest BCUT2D eigenvalue weighted by molar-refractivity contribution is 8.00. The first-order valence-corrected chi connectivity index (χ1v) is 26.4. The Morgan fingerprint density at radius 3 is 1.19 bits per heavy atom. The molecule has 4 fully saturated rings. The molecule has 0 unspecified atom stereocenters. The molecule has 78 heavy (non-hydrogen) atoms. The van der Waals surface area contributed by atoms with E-state index in [0.29, 0.717) is 12.3 Å². The molecular weight excluding hydrogens is 1060 g/mol. The van der Waals surface area contributed by atoms with Gasteiger partial charge >= 0.3 is 0 Å². The van der Waals surface area contributed by atoms with Crippen molar-refractivity contribution in [2.75, 3.05) is 51.9 Å². The van der Waals surface area contributed by atoms with Crippen LogP contribution in [-0.4, -0.2) is 286 Å². The van der Waals surface area contributed by atoms with E-state index in [4.69, 9.17) is 37.9 Å². The molecule has 0 bridgehead atoms. The number of hydrogen-bond donors (Lipinski definition) is 18. The third-order valence-corrected chi connectivity index (χ3v) is 15.8. The number of ether oxygens (including phenoxy) is 8. The van der Waals surface area contributed by atoms with Gasteiger partial charge in [0.25, 0.3) is 0 Å². The van der Waals surface area contributed by atoms with Crippen LogP contribution >= 0.6 is 11.8 Å². The lowest BCUT2D eigenvalue weighted by Gasteiger charge is -2.49. The summed E-state index contributed by atoms with van der Waals surface area (Å²) in [6, 6.07) is 29.9. The van der Waals surface area contributed by atoms with E-state index >= 15 is 0 Å². The van der Waals surface area contributed by atoms with Crippen molar-refractivity contribution in [2.24, 2.45) is 0 Å². The third kappa shape index (κ3) is 13.7. The highest BCUT2D eigenvalue weighted by atomic mass is 32.2. The van der Waals surface area contributed by atoms with Gasteiger partial charge in [0, 0.05) is 18.8 Å². The fourth-order valence-electron chi connectivity index (χ4n) is 9.94. The first kappa shape index (κ1) is 62.6. The predicted octanol–water partition coefficient (Wildman–Crippen LogP) is -6.97. The minimum absolute atomic E-state index is 0.250. The predicted molar refractivity (Wildman–Crippen MR) is 266 cm³/mol. The maximum absolute atomic E-state index is 11.4. The van der Waals surface area contributed by atoms with E-state index < -0.39 is 185 Å². The molecule has 4 saturated heterocycles. The summed E-state index contributed by atoms with van der Waals surface area (Å²) < 4.78 is 44.4. The molecule has 3 aromatic carbocycles. The molecule has 3 aromatic rings. The fraction of sp³-hybridized carbons (Fsp3) is 0.647. The summed E-state index contributed by atoms with van der Waals surface area (Å²) >= 11 is 1.65. The lowest BCUT2D eigenvalue weighted by atomic mass is 9.84. The molecule has 24 atom stereocenters. The first-order chi connectivity index (χ1) is 37.4. The number of aliphatic hydroxyl groups excluding tert-OH is 17. The SMILES string of the molecule is OC[C@@H](O)[C@@H](O[C@H]1O[C@H](CO)[C@@H](O[C@H]2O[C@H](CO)[C@@H](O[C@H]3O[C@H](CO)[C@@H](O[C@H]4O[C@H](CO)[C@@H](O)[C@H](O)[C@H]4O)[C@H](O)[C@H]3O)[C@H](O)[C@H]2O)[C@H](O)[C@H]1O)[C@H](O)[C@@H](O)CNCCSC(c1ccccc1)(c1ccccc1)c1ccccc1. The van der Waals surface area contributed by atoms with Gasteiger partial charge in [0.05, 0.1) is 43.9 Å². The number of rotatable bonds is 25. The zero-order chi connectivity index (χ0) is 56.4. The summed E-state index contributed by atoms with van der Waals surface area (Å²) in [5, 5.41) is 185. The maximum Gasteiger partial charge on any atom is 0.187 e. The number of aliphatic hydroxyl groups is 17. The second-order valence-electron chi connectivity index (χ2n) is 19.4. The van der Waals surface area contributed by atoms with E-state index in [0.717, 1.165) is 16.7 Å². The molecule has 18 N–H and O–H groups in total. The highest BCUT2D eigenvalue weighted by Gasteiger charge is 2.56.